The van der Waals surface area contributed by atoms with E-state index in [0.29, 0.717) is 0 Å². The van der Waals surface area contributed by atoms with Crippen LogP contribution in [0, 0.1) is 6.92 Å². The van der Waals surface area contributed by atoms with Crippen molar-refractivity contribution in [3.63, 3.8) is 0 Å². The van der Waals surface area contributed by atoms with Gasteiger partial charge in [0, 0.05) is 24.5 Å². The van der Waals surface area contributed by atoms with E-state index in [4.69, 9.17) is 0 Å². The first-order valence-corrected chi connectivity index (χ1v) is 6.03. The van der Waals surface area contributed by atoms with Crippen LogP contribution in [0.15, 0.2) is 42.6 Å². The number of aromatic nitrogens is 1. The summed E-state index contributed by atoms with van der Waals surface area (Å²) in [5.41, 5.74) is 3.02. The summed E-state index contributed by atoms with van der Waals surface area (Å²) in [6, 6.07) is 12.1. The van der Waals surface area contributed by atoms with Gasteiger partial charge in [-0.05, 0) is 37.6 Å². The quantitative estimate of drug-likeness (QED) is 0.897. The van der Waals surface area contributed by atoms with E-state index in [1.165, 1.54) is 0 Å². The zero-order valence-electron chi connectivity index (χ0n) is 11.0. The second-order valence-electron chi connectivity index (χ2n) is 4.47. The molecule has 0 aliphatic carbocycles. The molecular formula is C15H18N2O. The molecule has 0 spiro atoms. The summed E-state index contributed by atoms with van der Waals surface area (Å²) in [6.07, 6.45) is 1.27. The van der Waals surface area contributed by atoms with E-state index in [-0.39, 0.29) is 0 Å². The molecule has 1 heterocycles. The number of aryl methyl sites for hydroxylation is 1. The number of aliphatic hydroxyl groups is 1. The molecular weight excluding hydrogens is 224 g/mol. The van der Waals surface area contributed by atoms with Crippen LogP contribution in [0.1, 0.15) is 24.2 Å². The van der Waals surface area contributed by atoms with Gasteiger partial charge in [-0.2, -0.15) is 0 Å². The van der Waals surface area contributed by atoms with E-state index in [9.17, 15) is 5.11 Å². The molecule has 2 aromatic rings. The van der Waals surface area contributed by atoms with Crippen molar-refractivity contribution in [2.24, 2.45) is 0 Å². The first kappa shape index (κ1) is 12.6. The third-order valence-electron chi connectivity index (χ3n) is 3.07. The molecule has 3 heteroatoms. The molecule has 1 atom stereocenters. The average Bonchev–Trinajstić information content (AvgIpc) is 2.38. The van der Waals surface area contributed by atoms with Crippen LogP contribution in [0.2, 0.25) is 0 Å². The number of benzene rings is 1. The van der Waals surface area contributed by atoms with Crippen molar-refractivity contribution in [2.75, 3.05) is 11.9 Å². The highest BCUT2D eigenvalue weighted by Crippen LogP contribution is 2.24. The molecule has 94 valence electrons. The van der Waals surface area contributed by atoms with Crippen LogP contribution in [-0.2, 0) is 0 Å². The summed E-state index contributed by atoms with van der Waals surface area (Å²) in [7, 11) is 1.99. The Balaban J connectivity index is 2.32. The van der Waals surface area contributed by atoms with Crippen LogP contribution in [-0.4, -0.2) is 17.1 Å². The number of hydrogen-bond donors (Lipinski definition) is 1. The predicted molar refractivity (Wildman–Crippen MR) is 74.1 cm³/mol. The Labute approximate surface area is 108 Å². The summed E-state index contributed by atoms with van der Waals surface area (Å²) < 4.78 is 0. The Morgan fingerprint density at radius 2 is 1.89 bits per heavy atom. The summed E-state index contributed by atoms with van der Waals surface area (Å²) in [4.78, 5) is 6.43. The van der Waals surface area contributed by atoms with Gasteiger partial charge < -0.3 is 10.0 Å². The van der Waals surface area contributed by atoms with Gasteiger partial charge in [-0.3, -0.25) is 0 Å². The van der Waals surface area contributed by atoms with Crippen molar-refractivity contribution in [2.45, 2.75) is 20.0 Å². The lowest BCUT2D eigenvalue weighted by Gasteiger charge is -2.20. The maximum Gasteiger partial charge on any atom is 0.132 e. The van der Waals surface area contributed by atoms with E-state index >= 15 is 0 Å². The minimum Gasteiger partial charge on any atom is -0.389 e. The van der Waals surface area contributed by atoms with Crippen LogP contribution >= 0.6 is 0 Å². The molecule has 0 amide bonds. The Hall–Kier alpha value is -1.87. The van der Waals surface area contributed by atoms with Gasteiger partial charge in [0.15, 0.2) is 0 Å². The van der Waals surface area contributed by atoms with Gasteiger partial charge in [-0.25, -0.2) is 4.98 Å². The van der Waals surface area contributed by atoms with Crippen LogP contribution < -0.4 is 4.90 Å². The third kappa shape index (κ3) is 2.51. The maximum atomic E-state index is 9.60. The molecule has 0 fully saturated rings. The van der Waals surface area contributed by atoms with Crippen LogP contribution in [0.4, 0.5) is 11.5 Å². The molecule has 0 radical (unpaired) electrons. The molecule has 2 rings (SSSR count). The largest absolute Gasteiger partial charge is 0.389 e. The van der Waals surface area contributed by atoms with Gasteiger partial charge in [0.05, 0.1) is 6.10 Å². The minimum absolute atomic E-state index is 0.478. The number of anilines is 2. The number of nitrogens with zero attached hydrogens (tertiary/aromatic N) is 2. The molecule has 0 aliphatic heterocycles. The molecule has 0 aliphatic rings. The van der Waals surface area contributed by atoms with Gasteiger partial charge in [-0.15, -0.1) is 0 Å². The molecule has 0 saturated heterocycles. The van der Waals surface area contributed by atoms with E-state index in [0.717, 1.165) is 22.6 Å². The first-order chi connectivity index (χ1) is 8.59. The number of para-hydroxylation sites is 1. The molecule has 1 unspecified atom stereocenters. The van der Waals surface area contributed by atoms with Crippen molar-refractivity contribution in [1.82, 2.24) is 4.98 Å². The van der Waals surface area contributed by atoms with Crippen molar-refractivity contribution in [3.8, 4) is 0 Å². The van der Waals surface area contributed by atoms with E-state index in [1.807, 2.05) is 55.3 Å². The van der Waals surface area contributed by atoms with Gasteiger partial charge >= 0.3 is 0 Å². The number of aliphatic hydroxyl groups excluding tert-OH is 1. The van der Waals surface area contributed by atoms with E-state index in [1.54, 1.807) is 13.1 Å². The Bertz CT molecular complexity index is 523. The van der Waals surface area contributed by atoms with Crippen molar-refractivity contribution < 1.29 is 5.11 Å². The van der Waals surface area contributed by atoms with Crippen molar-refractivity contribution in [1.29, 1.82) is 0 Å². The monoisotopic (exact) mass is 242 g/mol. The molecule has 0 saturated carbocycles. The number of rotatable bonds is 3. The Morgan fingerprint density at radius 3 is 2.44 bits per heavy atom. The summed E-state index contributed by atoms with van der Waals surface area (Å²) in [6.45, 7) is 3.75. The smallest absolute Gasteiger partial charge is 0.132 e. The highest BCUT2D eigenvalue weighted by molar-refractivity contribution is 5.59. The lowest BCUT2D eigenvalue weighted by atomic mass is 10.1. The van der Waals surface area contributed by atoms with Gasteiger partial charge in [0.1, 0.15) is 5.82 Å². The fraction of sp³-hybridized carbons (Fsp3) is 0.267. The van der Waals surface area contributed by atoms with E-state index in [2.05, 4.69) is 4.98 Å². The highest BCUT2D eigenvalue weighted by atomic mass is 16.3. The molecule has 1 aromatic carbocycles. The van der Waals surface area contributed by atoms with Gasteiger partial charge in [0.2, 0.25) is 0 Å². The minimum atomic E-state index is -0.478. The van der Waals surface area contributed by atoms with Crippen LogP contribution in [0.25, 0.3) is 0 Å². The summed E-state index contributed by atoms with van der Waals surface area (Å²) in [5, 5.41) is 9.60. The Morgan fingerprint density at radius 1 is 1.22 bits per heavy atom. The molecule has 1 N–H and O–H groups in total. The van der Waals surface area contributed by atoms with Gasteiger partial charge in [0.25, 0.3) is 0 Å². The van der Waals surface area contributed by atoms with Crippen molar-refractivity contribution in [3.05, 3.63) is 53.7 Å². The number of pyridine rings is 1. The van der Waals surface area contributed by atoms with Crippen molar-refractivity contribution >= 4 is 11.5 Å². The second kappa shape index (κ2) is 5.19. The highest BCUT2D eigenvalue weighted by Gasteiger charge is 2.09. The SMILES string of the molecule is Cc1cc(N(C)c2ccccc2)ncc1C(C)O. The molecule has 1 aromatic heterocycles. The first-order valence-electron chi connectivity index (χ1n) is 6.03. The lowest BCUT2D eigenvalue weighted by molar-refractivity contribution is 0.198. The number of hydrogen-bond acceptors (Lipinski definition) is 3. The fourth-order valence-electron chi connectivity index (χ4n) is 1.96. The standard InChI is InChI=1S/C15H18N2O/c1-11-9-15(16-10-14(11)12(2)18)17(3)13-7-5-4-6-8-13/h4-10,12,18H,1-3H3. The lowest BCUT2D eigenvalue weighted by Crippen LogP contribution is -2.12. The fourth-order valence-corrected chi connectivity index (χ4v) is 1.96. The summed E-state index contributed by atoms with van der Waals surface area (Å²) in [5.74, 6) is 0.878. The topological polar surface area (TPSA) is 36.4 Å². The van der Waals surface area contributed by atoms with E-state index < -0.39 is 6.10 Å². The van der Waals surface area contributed by atoms with Crippen LogP contribution in [0.3, 0.4) is 0 Å². The molecule has 18 heavy (non-hydrogen) atoms. The molecule has 3 nitrogen and oxygen atoms in total. The maximum absolute atomic E-state index is 9.60. The zero-order valence-corrected chi connectivity index (χ0v) is 11.0. The normalized spacial score (nSPS) is 12.2. The van der Waals surface area contributed by atoms with Crippen LogP contribution in [0.5, 0.6) is 0 Å². The Kier molecular flexibility index (Phi) is 3.63. The van der Waals surface area contributed by atoms with Gasteiger partial charge in [-0.1, -0.05) is 18.2 Å². The predicted octanol–water partition coefficient (Wildman–Crippen LogP) is 3.21. The molecule has 0 bridgehead atoms. The average molecular weight is 242 g/mol. The second-order valence-corrected chi connectivity index (χ2v) is 4.47. The zero-order chi connectivity index (χ0) is 13.1. The third-order valence-corrected chi connectivity index (χ3v) is 3.07. The summed E-state index contributed by atoms with van der Waals surface area (Å²) >= 11 is 0.